The molecule has 0 N–H and O–H groups in total. The van der Waals surface area contributed by atoms with Gasteiger partial charge < -0.3 is 0 Å². The second-order valence-corrected chi connectivity index (χ2v) is 3.04. The molecule has 0 aromatic carbocycles. The standard InChI is InChI=1S/C7H3ClN6/c8-6-4-2-1-3-9-5(4)7-10-12-13-14(7)11-6/h1-3H. The van der Waals surface area contributed by atoms with Gasteiger partial charge in [0, 0.05) is 11.6 Å². The quantitative estimate of drug-likeness (QED) is 0.542. The van der Waals surface area contributed by atoms with Crippen LogP contribution in [0.5, 0.6) is 0 Å². The first-order valence-corrected chi connectivity index (χ1v) is 4.22. The normalized spacial score (nSPS) is 11.2. The molecule has 3 aromatic heterocycles. The molecule has 3 aromatic rings. The Morgan fingerprint density at radius 1 is 1.36 bits per heavy atom. The smallest absolute Gasteiger partial charge is 0.226 e. The minimum atomic E-state index is 0.341. The van der Waals surface area contributed by atoms with Crippen molar-refractivity contribution in [1.82, 2.24) is 30.2 Å². The van der Waals surface area contributed by atoms with E-state index in [0.29, 0.717) is 16.3 Å². The summed E-state index contributed by atoms with van der Waals surface area (Å²) >= 11 is 5.93. The number of aromatic nitrogens is 6. The molecule has 0 aliphatic carbocycles. The molecule has 14 heavy (non-hydrogen) atoms. The molecule has 0 fully saturated rings. The van der Waals surface area contributed by atoms with Crippen LogP contribution in [-0.4, -0.2) is 30.2 Å². The molecule has 0 amide bonds. The maximum absolute atomic E-state index is 5.93. The lowest BCUT2D eigenvalue weighted by atomic mass is 10.3. The van der Waals surface area contributed by atoms with Crippen LogP contribution in [0.4, 0.5) is 0 Å². The van der Waals surface area contributed by atoms with E-state index in [2.05, 4.69) is 25.6 Å². The lowest BCUT2D eigenvalue weighted by Gasteiger charge is -1.97. The van der Waals surface area contributed by atoms with E-state index in [-0.39, 0.29) is 0 Å². The Morgan fingerprint density at radius 3 is 3.21 bits per heavy atom. The van der Waals surface area contributed by atoms with Gasteiger partial charge in [0.15, 0.2) is 5.15 Å². The number of rotatable bonds is 0. The molecule has 0 saturated carbocycles. The number of tetrazole rings is 1. The van der Waals surface area contributed by atoms with Crippen molar-refractivity contribution in [2.75, 3.05) is 0 Å². The first kappa shape index (κ1) is 7.57. The first-order chi connectivity index (χ1) is 6.86. The molecule has 6 nitrogen and oxygen atoms in total. The second kappa shape index (κ2) is 2.58. The van der Waals surface area contributed by atoms with Gasteiger partial charge in [0.25, 0.3) is 0 Å². The minimum Gasteiger partial charge on any atom is -0.252 e. The van der Waals surface area contributed by atoms with Crippen molar-refractivity contribution in [2.45, 2.75) is 0 Å². The summed E-state index contributed by atoms with van der Waals surface area (Å²) < 4.78 is 1.26. The number of nitrogens with zero attached hydrogens (tertiary/aromatic N) is 6. The number of halogens is 1. The molecule has 0 bridgehead atoms. The highest BCUT2D eigenvalue weighted by atomic mass is 35.5. The van der Waals surface area contributed by atoms with Crippen LogP contribution in [0.15, 0.2) is 18.3 Å². The molecule has 0 spiro atoms. The molecule has 7 heteroatoms. The number of fused-ring (bicyclic) bond motifs is 3. The average molecular weight is 207 g/mol. The van der Waals surface area contributed by atoms with Gasteiger partial charge in [-0.3, -0.25) is 4.98 Å². The van der Waals surface area contributed by atoms with Gasteiger partial charge >= 0.3 is 0 Å². The summed E-state index contributed by atoms with van der Waals surface area (Å²) in [5, 5.41) is 16.0. The summed E-state index contributed by atoms with van der Waals surface area (Å²) in [6, 6.07) is 3.61. The number of pyridine rings is 1. The molecule has 3 heterocycles. The molecule has 0 aliphatic rings. The Bertz CT molecular complexity index is 618. The van der Waals surface area contributed by atoms with Gasteiger partial charge in [-0.2, -0.15) is 0 Å². The van der Waals surface area contributed by atoms with E-state index in [1.54, 1.807) is 12.3 Å². The third kappa shape index (κ3) is 0.882. The number of hydrogen-bond donors (Lipinski definition) is 0. The van der Waals surface area contributed by atoms with Crippen molar-refractivity contribution >= 4 is 28.2 Å². The van der Waals surface area contributed by atoms with E-state index in [9.17, 15) is 0 Å². The topological polar surface area (TPSA) is 68.9 Å². The van der Waals surface area contributed by atoms with Gasteiger partial charge in [-0.1, -0.05) is 11.6 Å². The van der Waals surface area contributed by atoms with Crippen molar-refractivity contribution in [1.29, 1.82) is 0 Å². The fourth-order valence-electron chi connectivity index (χ4n) is 1.28. The fourth-order valence-corrected chi connectivity index (χ4v) is 1.50. The molecule has 0 saturated heterocycles. The van der Waals surface area contributed by atoms with Crippen LogP contribution < -0.4 is 0 Å². The zero-order valence-electron chi connectivity index (χ0n) is 6.79. The third-order valence-corrected chi connectivity index (χ3v) is 2.16. The van der Waals surface area contributed by atoms with Crippen LogP contribution in [0.25, 0.3) is 16.6 Å². The Balaban J connectivity index is 2.67. The van der Waals surface area contributed by atoms with E-state index >= 15 is 0 Å². The van der Waals surface area contributed by atoms with E-state index in [1.807, 2.05) is 6.07 Å². The van der Waals surface area contributed by atoms with E-state index in [4.69, 9.17) is 11.6 Å². The van der Waals surface area contributed by atoms with Crippen LogP contribution in [-0.2, 0) is 0 Å². The zero-order chi connectivity index (χ0) is 9.54. The summed E-state index contributed by atoms with van der Waals surface area (Å²) in [4.78, 5) is 4.15. The van der Waals surface area contributed by atoms with E-state index in [1.165, 1.54) is 4.63 Å². The highest BCUT2D eigenvalue weighted by molar-refractivity contribution is 6.34. The van der Waals surface area contributed by atoms with Gasteiger partial charge in [0.05, 0.1) is 0 Å². The Morgan fingerprint density at radius 2 is 2.29 bits per heavy atom. The Kier molecular flexibility index (Phi) is 1.40. The predicted molar refractivity (Wildman–Crippen MR) is 48.9 cm³/mol. The summed E-state index contributed by atoms with van der Waals surface area (Å²) in [5.41, 5.74) is 1.16. The highest BCUT2D eigenvalue weighted by Gasteiger charge is 2.09. The van der Waals surface area contributed by atoms with Crippen LogP contribution in [0.3, 0.4) is 0 Å². The summed E-state index contributed by atoms with van der Waals surface area (Å²) in [6.45, 7) is 0. The Hall–Kier alpha value is -1.82. The third-order valence-electron chi connectivity index (χ3n) is 1.88. The molecule has 3 rings (SSSR count). The lowest BCUT2D eigenvalue weighted by molar-refractivity contribution is 0.736. The average Bonchev–Trinajstić information content (AvgIpc) is 2.66. The monoisotopic (exact) mass is 206 g/mol. The molecule has 0 radical (unpaired) electrons. The summed E-state index contributed by atoms with van der Waals surface area (Å²) in [5.74, 6) is 0. The van der Waals surface area contributed by atoms with Gasteiger partial charge in [0.2, 0.25) is 5.65 Å². The Labute approximate surface area is 82.5 Å². The van der Waals surface area contributed by atoms with E-state index < -0.39 is 0 Å². The van der Waals surface area contributed by atoms with Gasteiger partial charge in [-0.05, 0) is 22.6 Å². The van der Waals surface area contributed by atoms with Crippen molar-refractivity contribution in [2.24, 2.45) is 0 Å². The first-order valence-electron chi connectivity index (χ1n) is 3.85. The highest BCUT2D eigenvalue weighted by Crippen LogP contribution is 2.20. The predicted octanol–water partition coefficient (Wildman–Crippen LogP) is 0.721. The van der Waals surface area contributed by atoms with Crippen LogP contribution in [0, 0.1) is 0 Å². The molecule has 0 aliphatic heterocycles. The van der Waals surface area contributed by atoms with Crippen LogP contribution in [0.2, 0.25) is 5.15 Å². The van der Waals surface area contributed by atoms with Crippen molar-refractivity contribution < 1.29 is 0 Å². The van der Waals surface area contributed by atoms with Crippen molar-refractivity contribution in [3.05, 3.63) is 23.5 Å². The van der Waals surface area contributed by atoms with Gasteiger partial charge in [0.1, 0.15) is 5.52 Å². The fraction of sp³-hybridized carbons (Fsp3) is 0. The maximum Gasteiger partial charge on any atom is 0.226 e. The largest absolute Gasteiger partial charge is 0.252 e. The second-order valence-electron chi connectivity index (χ2n) is 2.68. The number of hydrogen-bond acceptors (Lipinski definition) is 5. The molecule has 0 unspecified atom stereocenters. The van der Waals surface area contributed by atoms with E-state index in [0.717, 1.165) is 5.39 Å². The van der Waals surface area contributed by atoms with Crippen molar-refractivity contribution in [3.8, 4) is 0 Å². The van der Waals surface area contributed by atoms with Crippen molar-refractivity contribution in [3.63, 3.8) is 0 Å². The lowest BCUT2D eigenvalue weighted by Crippen LogP contribution is -1.96. The maximum atomic E-state index is 5.93. The molecular weight excluding hydrogens is 204 g/mol. The van der Waals surface area contributed by atoms with Gasteiger partial charge in [-0.25, -0.2) is 0 Å². The molecule has 0 atom stereocenters. The van der Waals surface area contributed by atoms with Gasteiger partial charge in [-0.15, -0.1) is 14.8 Å². The molecule has 68 valence electrons. The summed E-state index contributed by atoms with van der Waals surface area (Å²) in [6.07, 6.45) is 1.66. The SMILES string of the molecule is Clc1nn2nnnc2c2ncccc12. The van der Waals surface area contributed by atoms with Crippen LogP contribution in [0.1, 0.15) is 0 Å². The summed E-state index contributed by atoms with van der Waals surface area (Å²) in [7, 11) is 0. The minimum absolute atomic E-state index is 0.341. The molecular formula is C7H3ClN6. The zero-order valence-corrected chi connectivity index (χ0v) is 7.55. The van der Waals surface area contributed by atoms with Crippen LogP contribution >= 0.6 is 11.6 Å².